The number of hydrogen-bond donors (Lipinski definition) is 2. The van der Waals surface area contributed by atoms with Gasteiger partial charge >= 0.3 is 0 Å². The monoisotopic (exact) mass is 275 g/mol. The van der Waals surface area contributed by atoms with Crippen molar-refractivity contribution in [1.29, 1.82) is 0 Å². The van der Waals surface area contributed by atoms with Crippen molar-refractivity contribution in [3.63, 3.8) is 0 Å². The zero-order valence-electron chi connectivity index (χ0n) is 11.6. The number of morpholine rings is 1. The van der Waals surface area contributed by atoms with Crippen LogP contribution < -0.4 is 0 Å². The van der Waals surface area contributed by atoms with Gasteiger partial charge in [-0.3, -0.25) is 0 Å². The Morgan fingerprint density at radius 3 is 2.55 bits per heavy atom. The van der Waals surface area contributed by atoms with Gasteiger partial charge in [0.05, 0.1) is 13.2 Å². The quantitative estimate of drug-likeness (QED) is 0.815. The Morgan fingerprint density at radius 1 is 1.00 bits per heavy atom. The van der Waals surface area contributed by atoms with Crippen LogP contribution >= 0.6 is 0 Å². The van der Waals surface area contributed by atoms with Gasteiger partial charge in [0.1, 0.15) is 11.5 Å². The highest BCUT2D eigenvalue weighted by molar-refractivity contribution is 5.74. The lowest BCUT2D eigenvalue weighted by molar-refractivity contribution is 0.0517. The van der Waals surface area contributed by atoms with Crippen molar-refractivity contribution in [2.75, 3.05) is 26.3 Å². The highest BCUT2D eigenvalue weighted by atomic mass is 16.5. The average Bonchev–Trinajstić information content (AvgIpc) is 2.51. The summed E-state index contributed by atoms with van der Waals surface area (Å²) in [5.41, 5.74) is 3.29. The summed E-state index contributed by atoms with van der Waals surface area (Å²) in [6.07, 6.45) is 4.34. The van der Waals surface area contributed by atoms with E-state index in [1.165, 1.54) is 23.8 Å². The maximum Gasteiger partial charge on any atom is 0.123 e. The molecular formula is C16H21NO3. The van der Waals surface area contributed by atoms with Crippen molar-refractivity contribution in [1.82, 2.24) is 4.90 Å². The van der Waals surface area contributed by atoms with Gasteiger partial charge in [-0.1, -0.05) is 0 Å². The molecule has 20 heavy (non-hydrogen) atoms. The van der Waals surface area contributed by atoms with Gasteiger partial charge in [-0.2, -0.15) is 0 Å². The molecule has 1 heterocycles. The molecule has 3 rings (SSSR count). The van der Waals surface area contributed by atoms with Gasteiger partial charge in [0.25, 0.3) is 0 Å². The summed E-state index contributed by atoms with van der Waals surface area (Å²) >= 11 is 0. The van der Waals surface area contributed by atoms with Gasteiger partial charge in [0.15, 0.2) is 0 Å². The maximum atomic E-state index is 10.1. The van der Waals surface area contributed by atoms with Gasteiger partial charge in [-0.25, -0.2) is 0 Å². The fourth-order valence-corrected chi connectivity index (χ4v) is 3.13. The zero-order chi connectivity index (χ0) is 13.9. The van der Waals surface area contributed by atoms with Crippen molar-refractivity contribution in [3.8, 4) is 11.5 Å². The standard InChI is InChI=1S/C16H21NO3/c18-12-5-6-16(19)14(11-12)13-3-1-2-4-15(13)17-7-9-20-10-8-17/h5-6,11,18-19H,1-4,7-10H2. The molecule has 4 nitrogen and oxygen atoms in total. The average molecular weight is 275 g/mol. The molecule has 1 aliphatic carbocycles. The Labute approximate surface area is 119 Å². The molecule has 2 N–H and O–H groups in total. The number of ether oxygens (including phenoxy) is 1. The molecule has 1 aromatic carbocycles. The van der Waals surface area contributed by atoms with E-state index in [9.17, 15) is 10.2 Å². The number of allylic oxidation sites excluding steroid dienone is 2. The predicted molar refractivity (Wildman–Crippen MR) is 77.6 cm³/mol. The third-order valence-electron chi connectivity index (χ3n) is 4.14. The highest BCUT2D eigenvalue weighted by Crippen LogP contribution is 2.39. The molecule has 0 spiro atoms. The fraction of sp³-hybridized carbons (Fsp3) is 0.500. The summed E-state index contributed by atoms with van der Waals surface area (Å²) in [4.78, 5) is 2.38. The molecule has 0 saturated carbocycles. The molecule has 0 unspecified atom stereocenters. The second-order valence-electron chi connectivity index (χ2n) is 5.43. The number of benzene rings is 1. The van der Waals surface area contributed by atoms with E-state index in [0.717, 1.165) is 51.1 Å². The van der Waals surface area contributed by atoms with Gasteiger partial charge in [-0.05, 0) is 49.5 Å². The van der Waals surface area contributed by atoms with Crippen LogP contribution in [0.5, 0.6) is 11.5 Å². The van der Waals surface area contributed by atoms with Crippen LogP contribution in [0.1, 0.15) is 31.2 Å². The molecule has 0 atom stereocenters. The second kappa shape index (κ2) is 5.75. The molecule has 0 bridgehead atoms. The van der Waals surface area contributed by atoms with E-state index in [4.69, 9.17) is 4.74 Å². The van der Waals surface area contributed by atoms with Crippen LogP contribution in [0.4, 0.5) is 0 Å². The SMILES string of the molecule is Oc1ccc(O)c(C2=C(N3CCOCC3)CCCC2)c1. The van der Waals surface area contributed by atoms with Crippen LogP contribution in [0.15, 0.2) is 23.9 Å². The number of phenolic OH excluding ortho intramolecular Hbond substituents is 2. The van der Waals surface area contributed by atoms with Crippen LogP contribution in [0.3, 0.4) is 0 Å². The molecule has 1 aromatic rings. The van der Waals surface area contributed by atoms with E-state index in [0.29, 0.717) is 0 Å². The van der Waals surface area contributed by atoms with Crippen LogP contribution in [0.25, 0.3) is 5.57 Å². The van der Waals surface area contributed by atoms with Crippen LogP contribution in [0, 0.1) is 0 Å². The molecule has 4 heteroatoms. The van der Waals surface area contributed by atoms with E-state index in [-0.39, 0.29) is 11.5 Å². The third kappa shape index (κ3) is 2.61. The first-order valence-corrected chi connectivity index (χ1v) is 7.33. The first-order chi connectivity index (χ1) is 9.75. The smallest absolute Gasteiger partial charge is 0.123 e. The third-order valence-corrected chi connectivity index (χ3v) is 4.14. The molecule has 2 aliphatic rings. The van der Waals surface area contributed by atoms with E-state index in [1.54, 1.807) is 12.1 Å². The molecule has 1 aliphatic heterocycles. The van der Waals surface area contributed by atoms with Crippen molar-refractivity contribution in [3.05, 3.63) is 29.5 Å². The molecule has 0 aromatic heterocycles. The molecule has 108 valence electrons. The number of rotatable bonds is 2. The van der Waals surface area contributed by atoms with Crippen LogP contribution in [0.2, 0.25) is 0 Å². The van der Waals surface area contributed by atoms with E-state index in [1.807, 2.05) is 0 Å². The Bertz CT molecular complexity index is 518. The van der Waals surface area contributed by atoms with Crippen molar-refractivity contribution in [2.24, 2.45) is 0 Å². The molecular weight excluding hydrogens is 254 g/mol. The maximum absolute atomic E-state index is 10.1. The summed E-state index contributed by atoms with van der Waals surface area (Å²) in [6, 6.07) is 4.77. The second-order valence-corrected chi connectivity index (χ2v) is 5.43. The Kier molecular flexibility index (Phi) is 3.83. The van der Waals surface area contributed by atoms with Crippen molar-refractivity contribution in [2.45, 2.75) is 25.7 Å². The summed E-state index contributed by atoms with van der Waals surface area (Å²) in [7, 11) is 0. The van der Waals surface area contributed by atoms with E-state index < -0.39 is 0 Å². The molecule has 1 saturated heterocycles. The van der Waals surface area contributed by atoms with Crippen molar-refractivity contribution >= 4 is 5.57 Å². The summed E-state index contributed by atoms with van der Waals surface area (Å²) < 4.78 is 5.42. The van der Waals surface area contributed by atoms with Crippen LogP contribution in [-0.4, -0.2) is 41.4 Å². The number of nitrogens with zero attached hydrogens (tertiary/aromatic N) is 1. The normalized spacial score (nSPS) is 20.3. The summed E-state index contributed by atoms with van der Waals surface area (Å²) in [5.74, 6) is 0.461. The lowest BCUT2D eigenvalue weighted by Crippen LogP contribution is -2.36. The lowest BCUT2D eigenvalue weighted by atomic mass is 9.89. The Balaban J connectivity index is 2.01. The largest absolute Gasteiger partial charge is 0.508 e. The van der Waals surface area contributed by atoms with Gasteiger partial charge in [-0.15, -0.1) is 0 Å². The topological polar surface area (TPSA) is 52.9 Å². The Morgan fingerprint density at radius 2 is 1.75 bits per heavy atom. The number of hydrogen-bond acceptors (Lipinski definition) is 4. The zero-order valence-corrected chi connectivity index (χ0v) is 11.6. The fourth-order valence-electron chi connectivity index (χ4n) is 3.13. The van der Waals surface area contributed by atoms with Gasteiger partial charge < -0.3 is 19.8 Å². The molecule has 0 amide bonds. The highest BCUT2D eigenvalue weighted by Gasteiger charge is 2.23. The molecule has 1 fully saturated rings. The minimum atomic E-state index is 0.206. The Hall–Kier alpha value is -1.68. The van der Waals surface area contributed by atoms with E-state index >= 15 is 0 Å². The van der Waals surface area contributed by atoms with Crippen molar-refractivity contribution < 1.29 is 14.9 Å². The first-order valence-electron chi connectivity index (χ1n) is 7.33. The summed E-state index contributed by atoms with van der Waals surface area (Å²) in [5, 5.41) is 19.8. The number of phenols is 2. The predicted octanol–water partition coefficient (Wildman–Crippen LogP) is 2.72. The minimum Gasteiger partial charge on any atom is -0.508 e. The van der Waals surface area contributed by atoms with E-state index in [2.05, 4.69) is 4.90 Å². The van der Waals surface area contributed by atoms with Crippen LogP contribution in [-0.2, 0) is 4.74 Å². The lowest BCUT2D eigenvalue weighted by Gasteiger charge is -2.35. The summed E-state index contributed by atoms with van der Waals surface area (Å²) in [6.45, 7) is 3.36. The number of aromatic hydroxyl groups is 2. The first kappa shape index (κ1) is 13.3. The van der Waals surface area contributed by atoms with Gasteiger partial charge in [0.2, 0.25) is 0 Å². The minimum absolute atomic E-state index is 0.206. The van der Waals surface area contributed by atoms with Gasteiger partial charge in [0, 0.05) is 24.4 Å². The molecule has 0 radical (unpaired) electrons.